The third kappa shape index (κ3) is 3.43. The molecule has 2 rings (SSSR count). The largest absolute Gasteiger partial charge is 0.315 e. The highest BCUT2D eigenvalue weighted by molar-refractivity contribution is 4.89. The van der Waals surface area contributed by atoms with Gasteiger partial charge in [0.1, 0.15) is 0 Å². The summed E-state index contributed by atoms with van der Waals surface area (Å²) in [5, 5.41) is 3.57. The molecule has 3 heteroatoms. The van der Waals surface area contributed by atoms with Crippen LogP contribution in [-0.2, 0) is 0 Å². The smallest absolute Gasteiger partial charge is 0.0236 e. The third-order valence-electron chi connectivity index (χ3n) is 4.25. The Kier molecular flexibility index (Phi) is 4.11. The second-order valence-corrected chi connectivity index (χ2v) is 6.84. The van der Waals surface area contributed by atoms with Gasteiger partial charge < -0.3 is 5.32 Å². The zero-order valence-electron chi connectivity index (χ0n) is 12.0. The van der Waals surface area contributed by atoms with Crippen molar-refractivity contribution < 1.29 is 0 Å². The molecule has 17 heavy (non-hydrogen) atoms. The number of nitrogens with one attached hydrogen (secondary N) is 1. The minimum atomic E-state index is 0.418. The van der Waals surface area contributed by atoms with Crippen LogP contribution in [0.25, 0.3) is 0 Å². The summed E-state index contributed by atoms with van der Waals surface area (Å²) in [6, 6.07) is 1.50. The first kappa shape index (κ1) is 13.3. The van der Waals surface area contributed by atoms with E-state index in [2.05, 4.69) is 42.8 Å². The van der Waals surface area contributed by atoms with Crippen LogP contribution >= 0.6 is 0 Å². The fourth-order valence-electron chi connectivity index (χ4n) is 3.18. The molecule has 3 nitrogen and oxygen atoms in total. The maximum Gasteiger partial charge on any atom is 0.0236 e. The molecule has 1 unspecified atom stereocenters. The highest BCUT2D eigenvalue weighted by atomic mass is 15.3. The van der Waals surface area contributed by atoms with Crippen molar-refractivity contribution in [3.05, 3.63) is 0 Å². The Morgan fingerprint density at radius 3 is 2.65 bits per heavy atom. The molecule has 2 saturated heterocycles. The summed E-state index contributed by atoms with van der Waals surface area (Å²) >= 11 is 0. The van der Waals surface area contributed by atoms with E-state index in [-0.39, 0.29) is 0 Å². The Morgan fingerprint density at radius 2 is 2.00 bits per heavy atom. The Bertz CT molecular complexity index is 250. The molecular formula is C14H29N3. The fraction of sp³-hybridized carbons (Fsp3) is 1.00. The molecule has 2 aliphatic rings. The molecule has 0 aromatic carbocycles. The lowest BCUT2D eigenvalue weighted by atomic mass is 9.92. The van der Waals surface area contributed by atoms with Gasteiger partial charge in [0.25, 0.3) is 0 Å². The summed E-state index contributed by atoms with van der Waals surface area (Å²) in [5.41, 5.74) is 0.418. The summed E-state index contributed by atoms with van der Waals surface area (Å²) in [4.78, 5) is 5.35. The summed E-state index contributed by atoms with van der Waals surface area (Å²) in [6.07, 6.45) is 1.36. The van der Waals surface area contributed by atoms with Gasteiger partial charge in [-0.1, -0.05) is 13.8 Å². The highest BCUT2D eigenvalue weighted by Crippen LogP contribution is 2.24. The first-order valence-electron chi connectivity index (χ1n) is 7.17. The van der Waals surface area contributed by atoms with Crippen LogP contribution in [0.5, 0.6) is 0 Å². The Balaban J connectivity index is 1.93. The fourth-order valence-corrected chi connectivity index (χ4v) is 3.18. The minimum absolute atomic E-state index is 0.418. The van der Waals surface area contributed by atoms with Crippen molar-refractivity contribution in [3.8, 4) is 0 Å². The van der Waals surface area contributed by atoms with Gasteiger partial charge in [0, 0.05) is 51.4 Å². The van der Waals surface area contributed by atoms with E-state index in [9.17, 15) is 0 Å². The Morgan fingerprint density at radius 1 is 1.24 bits per heavy atom. The molecule has 0 aliphatic carbocycles. The first-order valence-corrected chi connectivity index (χ1v) is 7.17. The maximum absolute atomic E-state index is 3.57. The van der Waals surface area contributed by atoms with Crippen molar-refractivity contribution in [2.24, 2.45) is 5.41 Å². The maximum atomic E-state index is 3.57. The van der Waals surface area contributed by atoms with Crippen molar-refractivity contribution in [1.29, 1.82) is 0 Å². The molecule has 1 N–H and O–H groups in total. The third-order valence-corrected chi connectivity index (χ3v) is 4.25. The lowest BCUT2D eigenvalue weighted by Gasteiger charge is -2.33. The van der Waals surface area contributed by atoms with Gasteiger partial charge in [0.15, 0.2) is 0 Å². The number of nitrogens with zero attached hydrogens (tertiary/aromatic N) is 2. The molecule has 2 aliphatic heterocycles. The molecule has 1 atom stereocenters. The molecule has 0 aromatic heterocycles. The molecule has 0 radical (unpaired) electrons. The minimum Gasteiger partial charge on any atom is -0.315 e. The molecule has 2 fully saturated rings. The van der Waals surface area contributed by atoms with Gasteiger partial charge in [-0.05, 0) is 25.7 Å². The van der Waals surface area contributed by atoms with Crippen LogP contribution in [0.15, 0.2) is 0 Å². The quantitative estimate of drug-likeness (QED) is 0.786. The van der Waals surface area contributed by atoms with Crippen molar-refractivity contribution in [3.63, 3.8) is 0 Å². The SMILES string of the molecule is CC(C)N1CCC(N2CCNCC(C)(C)C2)C1. The lowest BCUT2D eigenvalue weighted by molar-refractivity contribution is 0.147. The van der Waals surface area contributed by atoms with Crippen LogP contribution in [0.2, 0.25) is 0 Å². The normalized spacial score (nSPS) is 31.9. The van der Waals surface area contributed by atoms with Crippen LogP contribution in [-0.4, -0.2) is 61.2 Å². The van der Waals surface area contributed by atoms with E-state index in [1.165, 1.54) is 32.6 Å². The lowest BCUT2D eigenvalue weighted by Crippen LogP contribution is -2.43. The predicted octanol–water partition coefficient (Wildman–Crippen LogP) is 1.40. The molecule has 0 bridgehead atoms. The van der Waals surface area contributed by atoms with E-state index in [1.54, 1.807) is 0 Å². The zero-order chi connectivity index (χ0) is 12.5. The monoisotopic (exact) mass is 239 g/mol. The molecule has 0 amide bonds. The topological polar surface area (TPSA) is 18.5 Å². The number of hydrogen-bond acceptors (Lipinski definition) is 3. The average Bonchev–Trinajstić information content (AvgIpc) is 2.65. The summed E-state index contributed by atoms with van der Waals surface area (Å²) in [5.74, 6) is 0. The van der Waals surface area contributed by atoms with Crippen LogP contribution in [0.3, 0.4) is 0 Å². The number of hydrogen-bond donors (Lipinski definition) is 1. The molecule has 0 spiro atoms. The van der Waals surface area contributed by atoms with Gasteiger partial charge in [-0.2, -0.15) is 0 Å². The molecule has 100 valence electrons. The van der Waals surface area contributed by atoms with Gasteiger partial charge in [-0.25, -0.2) is 0 Å². The molecule has 0 saturated carbocycles. The van der Waals surface area contributed by atoms with Crippen molar-refractivity contribution in [2.45, 2.75) is 46.2 Å². The van der Waals surface area contributed by atoms with E-state index >= 15 is 0 Å². The van der Waals surface area contributed by atoms with Crippen LogP contribution in [0.4, 0.5) is 0 Å². The highest BCUT2D eigenvalue weighted by Gasteiger charge is 2.33. The molecule has 2 heterocycles. The average molecular weight is 239 g/mol. The van der Waals surface area contributed by atoms with E-state index in [1.807, 2.05) is 0 Å². The predicted molar refractivity (Wildman–Crippen MR) is 73.3 cm³/mol. The van der Waals surface area contributed by atoms with Crippen LogP contribution in [0, 0.1) is 5.41 Å². The Hall–Kier alpha value is -0.120. The van der Waals surface area contributed by atoms with E-state index < -0.39 is 0 Å². The second-order valence-electron chi connectivity index (χ2n) is 6.84. The summed E-state index contributed by atoms with van der Waals surface area (Å²) in [7, 11) is 0. The van der Waals surface area contributed by atoms with Crippen molar-refractivity contribution >= 4 is 0 Å². The van der Waals surface area contributed by atoms with Crippen LogP contribution in [0.1, 0.15) is 34.1 Å². The van der Waals surface area contributed by atoms with E-state index in [0.29, 0.717) is 11.5 Å². The zero-order valence-corrected chi connectivity index (χ0v) is 12.0. The van der Waals surface area contributed by atoms with Gasteiger partial charge in [0.2, 0.25) is 0 Å². The first-order chi connectivity index (χ1) is 7.98. The van der Waals surface area contributed by atoms with Crippen molar-refractivity contribution in [2.75, 3.05) is 39.3 Å². The molecular weight excluding hydrogens is 210 g/mol. The summed E-state index contributed by atoms with van der Waals surface area (Å²) in [6.45, 7) is 16.7. The standard InChI is InChI=1S/C14H29N3/c1-12(2)16-7-5-13(9-16)17-8-6-15-10-14(3,4)11-17/h12-13,15H,5-11H2,1-4H3. The Labute approximate surface area is 107 Å². The van der Waals surface area contributed by atoms with Gasteiger partial charge in [-0.3, -0.25) is 9.80 Å². The number of likely N-dealkylation sites (tertiary alicyclic amines) is 1. The molecule has 0 aromatic rings. The summed E-state index contributed by atoms with van der Waals surface area (Å²) < 4.78 is 0. The second kappa shape index (κ2) is 5.25. The van der Waals surface area contributed by atoms with E-state index in [0.717, 1.165) is 19.1 Å². The van der Waals surface area contributed by atoms with Gasteiger partial charge in [0.05, 0.1) is 0 Å². The van der Waals surface area contributed by atoms with Crippen LogP contribution < -0.4 is 5.32 Å². The number of rotatable bonds is 2. The van der Waals surface area contributed by atoms with Crippen molar-refractivity contribution in [1.82, 2.24) is 15.1 Å². The van der Waals surface area contributed by atoms with E-state index in [4.69, 9.17) is 0 Å². The van der Waals surface area contributed by atoms with Gasteiger partial charge in [-0.15, -0.1) is 0 Å². The van der Waals surface area contributed by atoms with Gasteiger partial charge >= 0.3 is 0 Å².